The number of carbonyl (C=O) groups excluding carboxylic acids is 2. The summed E-state index contributed by atoms with van der Waals surface area (Å²) in [6, 6.07) is 24.8. The topological polar surface area (TPSA) is 89.2 Å². The van der Waals surface area contributed by atoms with Gasteiger partial charge in [0.05, 0.1) is 31.0 Å². The molecule has 0 bridgehead atoms. The molecule has 4 aromatic rings. The van der Waals surface area contributed by atoms with Crippen LogP contribution in [0.2, 0.25) is 0 Å². The highest BCUT2D eigenvalue weighted by Crippen LogP contribution is 2.41. The first-order valence-corrected chi connectivity index (χ1v) is 13.3. The number of furan rings is 1. The Labute approximate surface area is 233 Å². The maximum Gasteiger partial charge on any atom is 0.296 e. The summed E-state index contributed by atoms with van der Waals surface area (Å²) in [5.41, 5.74) is 3.31. The Balaban J connectivity index is 1.45. The highest BCUT2D eigenvalue weighted by Gasteiger charge is 2.46. The quantitative estimate of drug-likeness (QED) is 0.140. The van der Waals surface area contributed by atoms with Gasteiger partial charge in [-0.25, -0.2) is 0 Å². The number of benzene rings is 3. The van der Waals surface area contributed by atoms with E-state index in [0.717, 1.165) is 17.5 Å². The van der Waals surface area contributed by atoms with Crippen molar-refractivity contribution >= 4 is 17.4 Å². The zero-order chi connectivity index (χ0) is 28.1. The van der Waals surface area contributed by atoms with Crippen LogP contribution in [0.3, 0.4) is 0 Å². The van der Waals surface area contributed by atoms with E-state index >= 15 is 0 Å². The minimum absolute atomic E-state index is 0.0206. The largest absolute Gasteiger partial charge is 0.507 e. The van der Waals surface area contributed by atoms with Crippen LogP contribution < -0.4 is 9.47 Å². The number of aliphatic hydroxyl groups is 1. The van der Waals surface area contributed by atoms with Gasteiger partial charge in [-0.1, -0.05) is 48.9 Å². The first-order valence-electron chi connectivity index (χ1n) is 13.3. The number of nitrogens with zero attached hydrogens (tertiary/aromatic N) is 1. The normalized spacial score (nSPS) is 16.4. The first-order chi connectivity index (χ1) is 19.4. The molecule has 2 heterocycles. The van der Waals surface area contributed by atoms with E-state index < -0.39 is 17.7 Å². The average molecular weight is 538 g/mol. The molecule has 1 aromatic heterocycles. The predicted molar refractivity (Wildman–Crippen MR) is 151 cm³/mol. The Morgan fingerprint density at radius 1 is 0.925 bits per heavy atom. The van der Waals surface area contributed by atoms with Crippen molar-refractivity contribution in [3.05, 3.63) is 125 Å². The molecule has 5 rings (SSSR count). The molecule has 7 heteroatoms. The molecule has 1 aliphatic rings. The van der Waals surface area contributed by atoms with Gasteiger partial charge in [0.15, 0.2) is 0 Å². The second-order valence-corrected chi connectivity index (χ2v) is 9.73. The zero-order valence-corrected chi connectivity index (χ0v) is 22.5. The molecular weight excluding hydrogens is 506 g/mol. The van der Waals surface area contributed by atoms with Crippen LogP contribution >= 0.6 is 0 Å². The summed E-state index contributed by atoms with van der Waals surface area (Å²) >= 11 is 0. The van der Waals surface area contributed by atoms with E-state index in [-0.39, 0.29) is 17.9 Å². The molecule has 3 aromatic carbocycles. The molecule has 0 radical (unpaired) electrons. The molecular formula is C33H31NO6. The summed E-state index contributed by atoms with van der Waals surface area (Å²) in [6.07, 6.45) is 2.39. The van der Waals surface area contributed by atoms with Crippen LogP contribution in [0, 0.1) is 6.92 Å². The summed E-state index contributed by atoms with van der Waals surface area (Å²) in [4.78, 5) is 28.0. The molecule has 1 aliphatic heterocycles. The fraction of sp³-hybridized carbons (Fsp3) is 0.212. The predicted octanol–water partition coefficient (Wildman–Crippen LogP) is 6.58. The van der Waals surface area contributed by atoms with Crippen LogP contribution in [0.25, 0.3) is 5.76 Å². The Morgan fingerprint density at radius 2 is 1.65 bits per heavy atom. The molecule has 0 unspecified atom stereocenters. The lowest BCUT2D eigenvalue weighted by Crippen LogP contribution is -2.29. The minimum Gasteiger partial charge on any atom is -0.507 e. The van der Waals surface area contributed by atoms with Crippen molar-refractivity contribution < 1.29 is 28.6 Å². The van der Waals surface area contributed by atoms with E-state index in [1.807, 2.05) is 44.2 Å². The molecule has 1 atom stereocenters. The zero-order valence-electron chi connectivity index (χ0n) is 22.5. The van der Waals surface area contributed by atoms with E-state index in [2.05, 4.69) is 6.07 Å². The van der Waals surface area contributed by atoms with Crippen molar-refractivity contribution in [1.29, 1.82) is 0 Å². The van der Waals surface area contributed by atoms with Crippen molar-refractivity contribution in [1.82, 2.24) is 4.90 Å². The third-order valence-electron chi connectivity index (χ3n) is 6.73. The number of likely N-dealkylation sites (tertiary alicyclic amines) is 1. The van der Waals surface area contributed by atoms with Crippen molar-refractivity contribution in [3.8, 4) is 11.5 Å². The molecule has 1 fully saturated rings. The van der Waals surface area contributed by atoms with E-state index in [0.29, 0.717) is 41.6 Å². The number of Topliss-reactive ketones (excluding diaryl/α,β-unsaturated/α-hetero) is 1. The Kier molecular flexibility index (Phi) is 8.01. The molecule has 40 heavy (non-hydrogen) atoms. The van der Waals surface area contributed by atoms with E-state index in [9.17, 15) is 14.7 Å². The van der Waals surface area contributed by atoms with Gasteiger partial charge in [-0.3, -0.25) is 9.59 Å². The van der Waals surface area contributed by atoms with E-state index in [1.54, 1.807) is 48.5 Å². The molecule has 0 spiro atoms. The van der Waals surface area contributed by atoms with Crippen molar-refractivity contribution in [3.63, 3.8) is 0 Å². The fourth-order valence-corrected chi connectivity index (χ4v) is 4.76. The van der Waals surface area contributed by atoms with E-state index in [4.69, 9.17) is 13.9 Å². The van der Waals surface area contributed by atoms with Crippen molar-refractivity contribution in [2.45, 2.75) is 39.5 Å². The van der Waals surface area contributed by atoms with Crippen LogP contribution in [0.15, 0.2) is 101 Å². The summed E-state index contributed by atoms with van der Waals surface area (Å²) in [5.74, 6) is 0.143. The van der Waals surface area contributed by atoms with E-state index in [1.165, 1.54) is 11.2 Å². The van der Waals surface area contributed by atoms with Gasteiger partial charge in [0.25, 0.3) is 11.7 Å². The number of amides is 1. The lowest BCUT2D eigenvalue weighted by Gasteiger charge is -2.24. The van der Waals surface area contributed by atoms with Gasteiger partial charge >= 0.3 is 0 Å². The summed E-state index contributed by atoms with van der Waals surface area (Å²) in [7, 11) is 0. The number of rotatable bonds is 10. The second kappa shape index (κ2) is 11.9. The number of ketones is 1. The maximum absolute atomic E-state index is 13.3. The Morgan fingerprint density at radius 3 is 2.33 bits per heavy atom. The molecule has 1 saturated heterocycles. The van der Waals surface area contributed by atoms with Crippen LogP contribution in [0.4, 0.5) is 0 Å². The van der Waals surface area contributed by atoms with Gasteiger partial charge < -0.3 is 23.9 Å². The maximum atomic E-state index is 13.3. The first kappa shape index (κ1) is 26.8. The van der Waals surface area contributed by atoms with Crippen LogP contribution in [-0.2, 0) is 22.7 Å². The number of aliphatic hydroxyl groups excluding tert-OH is 1. The van der Waals surface area contributed by atoms with Gasteiger partial charge in [-0.05, 0) is 73.0 Å². The molecule has 204 valence electrons. The molecule has 0 saturated carbocycles. The standard InChI is InChI=1S/C33H31NO6/c1-3-17-38-26-13-9-24(10-14-26)30-29(32(36)33(37)34(30)20-28-8-5-18-39-28)31(35)25-11-15-27(16-12-25)40-21-23-7-4-6-22(2)19-23/h4-16,18-19,30,35H,3,17,20-21H2,1-2H3/t30-/m1/s1. The molecule has 0 aliphatic carbocycles. The van der Waals surface area contributed by atoms with Gasteiger partial charge in [-0.15, -0.1) is 0 Å². The van der Waals surface area contributed by atoms with Crippen LogP contribution in [0.5, 0.6) is 11.5 Å². The number of carbonyl (C=O) groups is 2. The van der Waals surface area contributed by atoms with Gasteiger partial charge in [0.2, 0.25) is 0 Å². The fourth-order valence-electron chi connectivity index (χ4n) is 4.76. The number of aryl methyl sites for hydroxylation is 1. The van der Waals surface area contributed by atoms with Crippen molar-refractivity contribution in [2.75, 3.05) is 6.61 Å². The highest BCUT2D eigenvalue weighted by molar-refractivity contribution is 6.46. The summed E-state index contributed by atoms with van der Waals surface area (Å²) < 4.78 is 17.1. The van der Waals surface area contributed by atoms with Crippen LogP contribution in [0.1, 0.15) is 47.4 Å². The lowest BCUT2D eigenvalue weighted by molar-refractivity contribution is -0.140. The SMILES string of the molecule is CCCOc1ccc([C@@H]2C(=C(O)c3ccc(OCc4cccc(C)c4)cc3)C(=O)C(=O)N2Cc2ccco2)cc1. The van der Waals surface area contributed by atoms with Gasteiger partial charge in [0, 0.05) is 5.56 Å². The van der Waals surface area contributed by atoms with Gasteiger partial charge in [-0.2, -0.15) is 0 Å². The Hall–Kier alpha value is -4.78. The minimum atomic E-state index is -0.803. The number of hydrogen-bond donors (Lipinski definition) is 1. The highest BCUT2D eigenvalue weighted by atomic mass is 16.5. The average Bonchev–Trinajstić information content (AvgIpc) is 3.58. The molecule has 7 nitrogen and oxygen atoms in total. The second-order valence-electron chi connectivity index (χ2n) is 9.73. The van der Waals surface area contributed by atoms with Crippen LogP contribution in [-0.4, -0.2) is 28.3 Å². The molecule has 1 amide bonds. The summed E-state index contributed by atoms with van der Waals surface area (Å²) in [6.45, 7) is 5.13. The lowest BCUT2D eigenvalue weighted by atomic mass is 9.95. The number of hydrogen-bond acceptors (Lipinski definition) is 6. The Bertz CT molecular complexity index is 1500. The third-order valence-corrected chi connectivity index (χ3v) is 6.73. The third kappa shape index (κ3) is 5.78. The number of ether oxygens (including phenoxy) is 2. The smallest absolute Gasteiger partial charge is 0.296 e. The molecule has 1 N–H and O–H groups in total. The summed E-state index contributed by atoms with van der Waals surface area (Å²) in [5, 5.41) is 11.4. The van der Waals surface area contributed by atoms with Crippen molar-refractivity contribution in [2.24, 2.45) is 0 Å². The monoisotopic (exact) mass is 537 g/mol. The van der Waals surface area contributed by atoms with Gasteiger partial charge in [0.1, 0.15) is 29.6 Å².